The van der Waals surface area contributed by atoms with E-state index in [1.807, 2.05) is 28.0 Å². The number of allylic oxidation sites excluding steroid dienone is 1. The fourth-order valence-electron chi connectivity index (χ4n) is 4.39. The van der Waals surface area contributed by atoms with Gasteiger partial charge in [0.2, 0.25) is 5.43 Å². The third kappa shape index (κ3) is 4.19. The number of benzene rings is 2. The van der Waals surface area contributed by atoms with Crippen LogP contribution < -0.4 is 10.3 Å². The molecule has 0 radical (unpaired) electrons. The highest BCUT2D eigenvalue weighted by molar-refractivity contribution is 6.04. The summed E-state index contributed by atoms with van der Waals surface area (Å²) in [6.07, 6.45) is 6.52. The van der Waals surface area contributed by atoms with Gasteiger partial charge in [0.05, 0.1) is 11.2 Å². The number of pyridine rings is 1. The van der Waals surface area contributed by atoms with Crippen LogP contribution in [0, 0.1) is 5.82 Å². The van der Waals surface area contributed by atoms with Crippen molar-refractivity contribution in [2.24, 2.45) is 0 Å². The molecule has 2 aliphatic rings. The van der Waals surface area contributed by atoms with Crippen molar-refractivity contribution in [1.29, 1.82) is 0 Å². The summed E-state index contributed by atoms with van der Waals surface area (Å²) in [4.78, 5) is 40.4. The van der Waals surface area contributed by atoms with Crippen LogP contribution in [0.1, 0.15) is 39.6 Å². The average Bonchev–Trinajstić information content (AvgIpc) is 3.69. The largest absolute Gasteiger partial charge is 0.477 e. The van der Waals surface area contributed by atoms with E-state index >= 15 is 4.39 Å². The van der Waals surface area contributed by atoms with Crippen molar-refractivity contribution >= 4 is 28.3 Å². The number of ketones is 1. The molecule has 0 atom stereocenters. The number of carboxylic acids is 1. The maximum atomic E-state index is 15.1. The highest BCUT2D eigenvalue weighted by Crippen LogP contribution is 2.38. The normalized spacial score (nSPS) is 16.4. The van der Waals surface area contributed by atoms with Crippen molar-refractivity contribution in [1.82, 2.24) is 9.47 Å². The quantitative estimate of drug-likeness (QED) is 0.445. The van der Waals surface area contributed by atoms with Gasteiger partial charge in [0, 0.05) is 61.6 Å². The maximum absolute atomic E-state index is 15.1. The Kier molecular flexibility index (Phi) is 5.65. The Morgan fingerprint density at radius 1 is 1.03 bits per heavy atom. The lowest BCUT2D eigenvalue weighted by atomic mass is 10.1. The first-order chi connectivity index (χ1) is 16.4. The molecule has 0 unspecified atom stereocenters. The van der Waals surface area contributed by atoms with Crippen LogP contribution in [0.2, 0.25) is 0 Å². The minimum absolute atomic E-state index is 0.0672. The van der Waals surface area contributed by atoms with Crippen LogP contribution in [0.15, 0.2) is 65.7 Å². The van der Waals surface area contributed by atoms with Crippen LogP contribution in [0.3, 0.4) is 0 Å². The van der Waals surface area contributed by atoms with Gasteiger partial charge < -0.3 is 19.5 Å². The first-order valence-electron chi connectivity index (χ1n) is 11.3. The highest BCUT2D eigenvalue weighted by Gasteiger charge is 2.28. The van der Waals surface area contributed by atoms with Crippen molar-refractivity contribution in [2.75, 3.05) is 31.1 Å². The van der Waals surface area contributed by atoms with Crippen LogP contribution >= 0.6 is 0 Å². The van der Waals surface area contributed by atoms with E-state index in [-0.39, 0.29) is 22.8 Å². The number of fused-ring (bicyclic) bond motifs is 1. The van der Waals surface area contributed by atoms with Crippen LogP contribution in [0.5, 0.6) is 0 Å². The number of rotatable bonds is 6. The Hall–Kier alpha value is -3.94. The van der Waals surface area contributed by atoms with Crippen LogP contribution in [0.4, 0.5) is 10.1 Å². The fraction of sp³-hybridized carbons (Fsp3) is 0.269. The van der Waals surface area contributed by atoms with Gasteiger partial charge in [0.1, 0.15) is 11.4 Å². The Bertz CT molecular complexity index is 1350. The summed E-state index contributed by atoms with van der Waals surface area (Å²) in [5.41, 5.74) is 0.585. The van der Waals surface area contributed by atoms with Gasteiger partial charge in [-0.15, -0.1) is 0 Å². The summed E-state index contributed by atoms with van der Waals surface area (Å²) in [5, 5.41) is 9.49. The minimum atomic E-state index is -1.30. The fourth-order valence-corrected chi connectivity index (χ4v) is 4.39. The molecule has 1 aliphatic heterocycles. The summed E-state index contributed by atoms with van der Waals surface area (Å²) in [6.45, 7) is 2.33. The SMILES string of the molecule is O=C(/C=C/N1CCN(c2cc3c(cc2F)c(=O)c(C(=O)O)cn3C2CC2)CC1)c1ccccc1. The molecular formula is C26H24FN3O4. The van der Waals surface area contributed by atoms with Gasteiger partial charge in [-0.25, -0.2) is 9.18 Å². The Morgan fingerprint density at radius 3 is 2.38 bits per heavy atom. The lowest BCUT2D eigenvalue weighted by Crippen LogP contribution is -2.44. The number of nitrogens with zero attached hydrogens (tertiary/aromatic N) is 3. The van der Waals surface area contributed by atoms with Gasteiger partial charge in [-0.2, -0.15) is 0 Å². The molecule has 34 heavy (non-hydrogen) atoms. The molecule has 1 saturated carbocycles. The number of carboxylic acid groups (broad SMARTS) is 1. The number of carbonyl (C=O) groups excluding carboxylic acids is 1. The second-order valence-corrected chi connectivity index (χ2v) is 8.71. The van der Waals surface area contributed by atoms with E-state index < -0.39 is 17.2 Å². The molecule has 1 aromatic heterocycles. The van der Waals surface area contributed by atoms with Gasteiger partial charge >= 0.3 is 5.97 Å². The lowest BCUT2D eigenvalue weighted by Gasteiger charge is -2.35. The molecular weight excluding hydrogens is 437 g/mol. The molecule has 174 valence electrons. The molecule has 2 heterocycles. The topological polar surface area (TPSA) is 82.8 Å². The number of halogens is 1. The number of hydrogen-bond acceptors (Lipinski definition) is 5. The van der Waals surface area contributed by atoms with E-state index in [1.54, 1.807) is 35.0 Å². The van der Waals surface area contributed by atoms with Crippen LogP contribution in [-0.4, -0.2) is 52.5 Å². The third-order valence-electron chi connectivity index (χ3n) is 6.42. The molecule has 0 amide bonds. The number of aromatic carboxylic acids is 1. The van der Waals surface area contributed by atoms with Gasteiger partial charge in [0.15, 0.2) is 5.78 Å². The molecule has 8 heteroatoms. The van der Waals surface area contributed by atoms with E-state index in [2.05, 4.69) is 0 Å². The molecule has 3 aromatic rings. The average molecular weight is 461 g/mol. The molecule has 1 N–H and O–H groups in total. The third-order valence-corrected chi connectivity index (χ3v) is 6.42. The van der Waals surface area contributed by atoms with Crippen molar-refractivity contribution in [3.8, 4) is 0 Å². The molecule has 2 fully saturated rings. The predicted molar refractivity (Wildman–Crippen MR) is 127 cm³/mol. The highest BCUT2D eigenvalue weighted by atomic mass is 19.1. The number of aromatic nitrogens is 1. The first kappa shape index (κ1) is 21.9. The van der Waals surface area contributed by atoms with Crippen molar-refractivity contribution in [2.45, 2.75) is 18.9 Å². The standard InChI is InChI=1S/C26H24FN3O4/c27-21-14-19-22(30(18-6-7-18)16-20(25(19)32)26(33)34)15-23(21)29-12-10-28(11-13-29)9-8-24(31)17-4-2-1-3-5-17/h1-5,8-9,14-16,18H,6-7,10-13H2,(H,33,34)/b9-8+. The lowest BCUT2D eigenvalue weighted by molar-refractivity contribution is 0.0694. The molecule has 7 nitrogen and oxygen atoms in total. The molecule has 1 aliphatic carbocycles. The van der Waals surface area contributed by atoms with E-state index in [4.69, 9.17) is 0 Å². The zero-order valence-corrected chi connectivity index (χ0v) is 18.5. The van der Waals surface area contributed by atoms with Gasteiger partial charge in [-0.05, 0) is 25.0 Å². The number of piperazine rings is 1. The van der Waals surface area contributed by atoms with Gasteiger partial charge in [-0.3, -0.25) is 9.59 Å². The number of anilines is 1. The van der Waals surface area contributed by atoms with Crippen LogP contribution in [0.25, 0.3) is 10.9 Å². The van der Waals surface area contributed by atoms with Gasteiger partial charge in [-0.1, -0.05) is 30.3 Å². The molecule has 0 spiro atoms. The second-order valence-electron chi connectivity index (χ2n) is 8.71. The summed E-state index contributed by atoms with van der Waals surface area (Å²) in [7, 11) is 0. The minimum Gasteiger partial charge on any atom is -0.477 e. The Morgan fingerprint density at radius 2 is 1.74 bits per heavy atom. The summed E-state index contributed by atoms with van der Waals surface area (Å²) in [6, 6.07) is 12.0. The zero-order valence-electron chi connectivity index (χ0n) is 18.5. The van der Waals surface area contributed by atoms with Crippen molar-refractivity contribution in [3.63, 3.8) is 0 Å². The summed E-state index contributed by atoms with van der Waals surface area (Å²) >= 11 is 0. The summed E-state index contributed by atoms with van der Waals surface area (Å²) < 4.78 is 16.9. The number of carbonyl (C=O) groups is 2. The van der Waals surface area contributed by atoms with E-state index in [1.165, 1.54) is 12.3 Å². The van der Waals surface area contributed by atoms with Gasteiger partial charge in [0.25, 0.3) is 0 Å². The maximum Gasteiger partial charge on any atom is 0.341 e. The Balaban J connectivity index is 1.37. The van der Waals surface area contributed by atoms with E-state index in [9.17, 15) is 19.5 Å². The smallest absolute Gasteiger partial charge is 0.341 e. The molecule has 2 aromatic carbocycles. The van der Waals surface area contributed by atoms with Crippen molar-refractivity contribution in [3.05, 3.63) is 88.1 Å². The molecule has 0 bridgehead atoms. The first-order valence-corrected chi connectivity index (χ1v) is 11.3. The second kappa shape index (κ2) is 8.78. The monoisotopic (exact) mass is 461 g/mol. The molecule has 1 saturated heterocycles. The summed E-state index contributed by atoms with van der Waals surface area (Å²) in [5.74, 6) is -1.92. The molecule has 5 rings (SSSR count). The predicted octanol–water partition coefficient (Wildman–Crippen LogP) is 3.69. The zero-order chi connectivity index (χ0) is 23.8. The Labute approximate surface area is 195 Å². The number of hydrogen-bond donors (Lipinski definition) is 1. The van der Waals surface area contributed by atoms with E-state index in [0.717, 1.165) is 12.8 Å². The van der Waals surface area contributed by atoms with Crippen LogP contribution in [-0.2, 0) is 0 Å². The van der Waals surface area contributed by atoms with E-state index in [0.29, 0.717) is 42.9 Å². The van der Waals surface area contributed by atoms with Crippen molar-refractivity contribution < 1.29 is 19.1 Å².